The number of hydrogen-bond acceptors (Lipinski definition) is 6. The molecule has 0 saturated carbocycles. The van der Waals surface area contributed by atoms with Crippen molar-refractivity contribution in [3.05, 3.63) is 46.2 Å². The molecule has 2 N–H and O–H groups in total. The van der Waals surface area contributed by atoms with Gasteiger partial charge in [-0.15, -0.1) is 21.5 Å². The maximum Gasteiger partial charge on any atom is 0.321 e. The predicted octanol–water partition coefficient (Wildman–Crippen LogP) is 3.54. The highest BCUT2D eigenvalue weighted by Gasteiger charge is 2.14. The lowest BCUT2D eigenvalue weighted by Gasteiger charge is -2.10. The maximum atomic E-state index is 11.9. The smallest absolute Gasteiger partial charge is 0.321 e. The molecule has 2 amide bonds. The van der Waals surface area contributed by atoms with Crippen LogP contribution in [0, 0.1) is 0 Å². The first kappa shape index (κ1) is 14.6. The molecule has 0 spiro atoms. The number of hydrogen-bond donors (Lipinski definition) is 2. The summed E-state index contributed by atoms with van der Waals surface area (Å²) < 4.78 is 0. The first-order chi connectivity index (χ1) is 10.7. The number of urea groups is 1. The van der Waals surface area contributed by atoms with Crippen molar-refractivity contribution in [2.45, 2.75) is 13.0 Å². The largest absolute Gasteiger partial charge is 0.329 e. The van der Waals surface area contributed by atoms with Crippen LogP contribution in [0.4, 0.5) is 9.93 Å². The van der Waals surface area contributed by atoms with Crippen LogP contribution >= 0.6 is 22.7 Å². The zero-order chi connectivity index (χ0) is 15.4. The molecule has 0 aliphatic carbocycles. The number of carbonyl (C=O) groups excluding carboxylic acids is 1. The van der Waals surface area contributed by atoms with Gasteiger partial charge in [0.05, 0.1) is 11.7 Å². The number of aromatic nitrogens is 3. The SMILES string of the molecule is CC(NC(=O)Nc1nncs1)c1nc(-c2ccccc2)cs1. The first-order valence-electron chi connectivity index (χ1n) is 6.57. The van der Waals surface area contributed by atoms with Crippen molar-refractivity contribution in [2.75, 3.05) is 5.32 Å². The van der Waals surface area contributed by atoms with Gasteiger partial charge in [-0.05, 0) is 6.92 Å². The Morgan fingerprint density at radius 2 is 2.05 bits per heavy atom. The summed E-state index contributed by atoms with van der Waals surface area (Å²) in [5.74, 6) is 0. The summed E-state index contributed by atoms with van der Waals surface area (Å²) in [6.07, 6.45) is 0. The van der Waals surface area contributed by atoms with E-state index in [1.807, 2.05) is 42.6 Å². The van der Waals surface area contributed by atoms with Gasteiger partial charge in [0.2, 0.25) is 5.13 Å². The van der Waals surface area contributed by atoms with Crippen LogP contribution in [0.25, 0.3) is 11.3 Å². The second-order valence-corrected chi connectivity index (χ2v) is 6.22. The third-order valence-corrected chi connectivity index (χ3v) is 4.52. The summed E-state index contributed by atoms with van der Waals surface area (Å²) in [6, 6.07) is 9.45. The zero-order valence-electron chi connectivity index (χ0n) is 11.7. The fourth-order valence-corrected chi connectivity index (χ4v) is 3.12. The quantitative estimate of drug-likeness (QED) is 0.766. The molecule has 0 aliphatic rings. The van der Waals surface area contributed by atoms with E-state index in [9.17, 15) is 4.79 Å². The lowest BCUT2D eigenvalue weighted by Crippen LogP contribution is -2.31. The van der Waals surface area contributed by atoms with E-state index in [2.05, 4.69) is 25.8 Å². The Hall–Kier alpha value is -2.32. The van der Waals surface area contributed by atoms with E-state index in [4.69, 9.17) is 0 Å². The van der Waals surface area contributed by atoms with E-state index in [0.29, 0.717) is 5.13 Å². The first-order valence-corrected chi connectivity index (χ1v) is 8.33. The summed E-state index contributed by atoms with van der Waals surface area (Å²) in [7, 11) is 0. The van der Waals surface area contributed by atoms with Crippen molar-refractivity contribution in [1.29, 1.82) is 0 Å². The molecule has 112 valence electrons. The van der Waals surface area contributed by atoms with Crippen LogP contribution in [0.2, 0.25) is 0 Å². The number of nitrogens with one attached hydrogen (secondary N) is 2. The number of carbonyl (C=O) groups is 1. The van der Waals surface area contributed by atoms with Crippen molar-refractivity contribution in [3.8, 4) is 11.3 Å². The molecule has 0 bridgehead atoms. The van der Waals surface area contributed by atoms with Crippen molar-refractivity contribution in [3.63, 3.8) is 0 Å². The molecule has 0 fully saturated rings. The van der Waals surface area contributed by atoms with Crippen LogP contribution in [-0.4, -0.2) is 21.2 Å². The van der Waals surface area contributed by atoms with Gasteiger partial charge in [0.1, 0.15) is 10.5 Å². The van der Waals surface area contributed by atoms with Crippen LogP contribution in [0.5, 0.6) is 0 Å². The molecule has 1 unspecified atom stereocenters. The minimum atomic E-state index is -0.319. The molecule has 1 aromatic carbocycles. The van der Waals surface area contributed by atoms with Crippen LogP contribution < -0.4 is 10.6 Å². The fraction of sp³-hybridized carbons (Fsp3) is 0.143. The standard InChI is InChI=1S/C14H13N5OS2/c1-9(16-13(20)18-14-19-15-8-22-14)12-17-11(7-21-12)10-5-3-2-4-6-10/h2-9H,1H3,(H2,16,18,19,20). The van der Waals surface area contributed by atoms with Gasteiger partial charge in [-0.3, -0.25) is 5.32 Å². The van der Waals surface area contributed by atoms with Gasteiger partial charge < -0.3 is 5.32 Å². The summed E-state index contributed by atoms with van der Waals surface area (Å²) in [6.45, 7) is 1.90. The van der Waals surface area contributed by atoms with Gasteiger partial charge in [0, 0.05) is 10.9 Å². The molecule has 1 atom stereocenters. The number of rotatable bonds is 4. The number of benzene rings is 1. The Morgan fingerprint density at radius 3 is 2.77 bits per heavy atom. The van der Waals surface area contributed by atoms with Crippen molar-refractivity contribution >= 4 is 33.8 Å². The lowest BCUT2D eigenvalue weighted by molar-refractivity contribution is 0.249. The number of anilines is 1. The van der Waals surface area contributed by atoms with Crippen molar-refractivity contribution in [1.82, 2.24) is 20.5 Å². The molecule has 0 aliphatic heterocycles. The summed E-state index contributed by atoms with van der Waals surface area (Å²) in [5, 5.41) is 16.2. The van der Waals surface area contributed by atoms with Crippen LogP contribution in [0.3, 0.4) is 0 Å². The highest BCUT2D eigenvalue weighted by atomic mass is 32.1. The van der Waals surface area contributed by atoms with Crippen molar-refractivity contribution in [2.24, 2.45) is 0 Å². The molecule has 6 nitrogen and oxygen atoms in total. The van der Waals surface area contributed by atoms with E-state index >= 15 is 0 Å². The van der Waals surface area contributed by atoms with E-state index in [1.54, 1.807) is 5.51 Å². The number of nitrogens with zero attached hydrogens (tertiary/aromatic N) is 3. The predicted molar refractivity (Wildman–Crippen MR) is 88.0 cm³/mol. The molecule has 3 aromatic rings. The molecular formula is C14H13N5OS2. The molecule has 2 heterocycles. The Labute approximate surface area is 135 Å². The maximum absolute atomic E-state index is 11.9. The number of thiazole rings is 1. The molecule has 2 aromatic heterocycles. The topological polar surface area (TPSA) is 79.8 Å². The minimum absolute atomic E-state index is 0.185. The second kappa shape index (κ2) is 6.63. The Morgan fingerprint density at radius 1 is 1.23 bits per heavy atom. The van der Waals surface area contributed by atoms with Crippen LogP contribution in [0.15, 0.2) is 41.2 Å². The number of amides is 2. The third-order valence-electron chi connectivity index (χ3n) is 2.89. The molecule has 8 heteroatoms. The van der Waals surface area contributed by atoms with Gasteiger partial charge in [-0.1, -0.05) is 41.7 Å². The van der Waals surface area contributed by atoms with Crippen molar-refractivity contribution < 1.29 is 4.79 Å². The van der Waals surface area contributed by atoms with Gasteiger partial charge in [-0.2, -0.15) is 0 Å². The second-order valence-electron chi connectivity index (χ2n) is 4.50. The fourth-order valence-electron chi connectivity index (χ4n) is 1.85. The average Bonchev–Trinajstić information content (AvgIpc) is 3.19. The van der Waals surface area contributed by atoms with Gasteiger partial charge in [0.15, 0.2) is 0 Å². The van der Waals surface area contributed by atoms with E-state index in [0.717, 1.165) is 16.3 Å². The highest BCUT2D eigenvalue weighted by Crippen LogP contribution is 2.25. The van der Waals surface area contributed by atoms with E-state index < -0.39 is 0 Å². The van der Waals surface area contributed by atoms with Gasteiger partial charge in [-0.25, -0.2) is 9.78 Å². The zero-order valence-corrected chi connectivity index (χ0v) is 13.3. The molecule has 0 saturated heterocycles. The summed E-state index contributed by atoms with van der Waals surface area (Å²) in [5.41, 5.74) is 3.54. The minimum Gasteiger partial charge on any atom is -0.329 e. The summed E-state index contributed by atoms with van der Waals surface area (Å²) >= 11 is 2.79. The normalized spacial score (nSPS) is 11.9. The highest BCUT2D eigenvalue weighted by molar-refractivity contribution is 7.13. The Balaban J connectivity index is 1.64. The molecular weight excluding hydrogens is 318 g/mol. The third kappa shape index (κ3) is 3.46. The molecule has 0 radical (unpaired) electrons. The van der Waals surface area contributed by atoms with Crippen LogP contribution in [-0.2, 0) is 0 Å². The van der Waals surface area contributed by atoms with Gasteiger partial charge >= 0.3 is 6.03 Å². The Kier molecular flexibility index (Phi) is 4.40. The summed E-state index contributed by atoms with van der Waals surface area (Å²) in [4.78, 5) is 16.4. The van der Waals surface area contributed by atoms with Crippen LogP contribution in [0.1, 0.15) is 18.0 Å². The molecule has 22 heavy (non-hydrogen) atoms. The molecule has 3 rings (SSSR count). The Bertz CT molecular complexity index is 742. The average molecular weight is 331 g/mol. The van der Waals surface area contributed by atoms with E-state index in [-0.39, 0.29) is 12.1 Å². The van der Waals surface area contributed by atoms with Gasteiger partial charge in [0.25, 0.3) is 0 Å². The lowest BCUT2D eigenvalue weighted by atomic mass is 10.2. The monoisotopic (exact) mass is 331 g/mol. The van der Waals surface area contributed by atoms with E-state index in [1.165, 1.54) is 22.7 Å².